The van der Waals surface area contributed by atoms with Crippen LogP contribution in [0.2, 0.25) is 5.02 Å². The van der Waals surface area contributed by atoms with Gasteiger partial charge in [-0.3, -0.25) is 0 Å². The lowest BCUT2D eigenvalue weighted by atomic mass is 10.0. The lowest BCUT2D eigenvalue weighted by Gasteiger charge is -2.15. The Morgan fingerprint density at radius 1 is 1.00 bits per heavy atom. The zero-order chi connectivity index (χ0) is 24.9. The number of hydrogen-bond acceptors (Lipinski definition) is 8. The first-order valence-electron chi connectivity index (χ1n) is 11.8. The molecule has 0 aliphatic carbocycles. The van der Waals surface area contributed by atoms with Crippen LogP contribution in [-0.2, 0) is 9.47 Å². The highest BCUT2D eigenvalue weighted by Crippen LogP contribution is 2.33. The molecule has 6 heterocycles. The maximum absolute atomic E-state index is 9.94. The number of fused-ring (bicyclic) bond motifs is 2. The fourth-order valence-electron chi connectivity index (χ4n) is 4.76. The summed E-state index contributed by atoms with van der Waals surface area (Å²) in [5.41, 5.74) is 4.64. The number of H-pyrrole nitrogens is 1. The van der Waals surface area contributed by atoms with Gasteiger partial charge in [0.2, 0.25) is 0 Å². The van der Waals surface area contributed by atoms with Crippen LogP contribution in [0, 0.1) is 0 Å². The quantitative estimate of drug-likeness (QED) is 0.364. The van der Waals surface area contributed by atoms with Gasteiger partial charge in [0.15, 0.2) is 17.6 Å². The Morgan fingerprint density at radius 2 is 1.81 bits per heavy atom. The van der Waals surface area contributed by atoms with Crippen LogP contribution in [0.3, 0.4) is 0 Å². The van der Waals surface area contributed by atoms with Crippen molar-refractivity contribution < 1.29 is 19.3 Å². The second kappa shape index (κ2) is 8.93. The molecule has 0 bridgehead atoms. The summed E-state index contributed by atoms with van der Waals surface area (Å²) < 4.78 is 18.9. The Bertz CT molecular complexity index is 1560. The summed E-state index contributed by atoms with van der Waals surface area (Å²) in [7, 11) is 0. The topological polar surface area (TPSA) is 120 Å². The summed E-state index contributed by atoms with van der Waals surface area (Å²) in [5.74, 6) is 0.755. The number of halogens is 1. The van der Waals surface area contributed by atoms with Gasteiger partial charge >= 0.3 is 0 Å². The van der Waals surface area contributed by atoms with Gasteiger partial charge in [0.1, 0.15) is 18.3 Å². The van der Waals surface area contributed by atoms with Crippen LogP contribution in [-0.4, -0.2) is 72.5 Å². The van der Waals surface area contributed by atoms with E-state index in [-0.39, 0.29) is 24.9 Å². The van der Waals surface area contributed by atoms with Gasteiger partial charge in [0, 0.05) is 29.7 Å². The molecule has 10 nitrogen and oxygen atoms in total. The zero-order valence-electron chi connectivity index (χ0n) is 19.4. The van der Waals surface area contributed by atoms with E-state index in [1.165, 1.54) is 0 Å². The summed E-state index contributed by atoms with van der Waals surface area (Å²) in [6.07, 6.45) is 3.69. The molecule has 186 valence electrons. The minimum absolute atomic E-state index is 0.238. The number of aliphatic hydroxyl groups excluding tert-OH is 1. The minimum atomic E-state index is -0.638. The second-order valence-electron chi connectivity index (χ2n) is 8.98. The maximum atomic E-state index is 9.94. The molecule has 0 amide bonds. The molecule has 0 radical (unpaired) electrons. The van der Waals surface area contributed by atoms with Gasteiger partial charge in [-0.1, -0.05) is 35.9 Å². The van der Waals surface area contributed by atoms with Crippen LogP contribution in [0.25, 0.3) is 39.4 Å². The van der Waals surface area contributed by atoms with Crippen molar-refractivity contribution in [1.29, 1.82) is 0 Å². The Balaban J connectivity index is 1.11. The molecule has 2 fully saturated rings. The van der Waals surface area contributed by atoms with Crippen molar-refractivity contribution in [2.75, 3.05) is 13.2 Å². The van der Waals surface area contributed by atoms with Gasteiger partial charge in [-0.15, -0.1) is 0 Å². The molecule has 2 aliphatic heterocycles. The van der Waals surface area contributed by atoms with Crippen LogP contribution >= 0.6 is 11.6 Å². The smallest absolute Gasteiger partial charge is 0.296 e. The Kier molecular flexibility index (Phi) is 5.40. The third-order valence-corrected chi connectivity index (χ3v) is 6.92. The van der Waals surface area contributed by atoms with E-state index >= 15 is 0 Å². The number of aliphatic hydroxyl groups is 1. The first kappa shape index (κ1) is 22.4. The van der Waals surface area contributed by atoms with Gasteiger partial charge in [-0.05, 0) is 29.8 Å². The van der Waals surface area contributed by atoms with Crippen molar-refractivity contribution in [1.82, 2.24) is 29.7 Å². The molecule has 2 N–H and O–H groups in total. The molecular weight excluding hydrogens is 496 g/mol. The van der Waals surface area contributed by atoms with Crippen molar-refractivity contribution in [3.63, 3.8) is 0 Å². The van der Waals surface area contributed by atoms with Crippen LogP contribution in [0.5, 0.6) is 6.01 Å². The van der Waals surface area contributed by atoms with Crippen LogP contribution < -0.4 is 4.74 Å². The molecule has 1 unspecified atom stereocenters. The van der Waals surface area contributed by atoms with E-state index in [1.54, 1.807) is 16.9 Å². The number of benzene rings is 1. The number of aromatic amines is 1. The first-order valence-corrected chi connectivity index (χ1v) is 12.2. The van der Waals surface area contributed by atoms with Gasteiger partial charge in [-0.2, -0.15) is 10.1 Å². The number of hydrogen-bond donors (Lipinski definition) is 2. The molecule has 1 aromatic carbocycles. The number of rotatable bonds is 5. The van der Waals surface area contributed by atoms with Crippen molar-refractivity contribution >= 4 is 22.8 Å². The minimum Gasteiger partial charge on any atom is -0.456 e. The third-order valence-electron chi connectivity index (χ3n) is 6.63. The summed E-state index contributed by atoms with van der Waals surface area (Å²) in [6, 6.07) is 15.8. The summed E-state index contributed by atoms with van der Waals surface area (Å²) in [5, 5.41) is 14.6. The number of pyridine rings is 2. The summed E-state index contributed by atoms with van der Waals surface area (Å²) in [6.45, 7) is 0.554. The highest BCUT2D eigenvalue weighted by molar-refractivity contribution is 6.33. The first-order chi connectivity index (χ1) is 18.1. The fraction of sp³-hybridized carbons (Fsp3) is 0.231. The Hall–Kier alpha value is -3.83. The fourth-order valence-corrected chi connectivity index (χ4v) is 5.02. The molecule has 11 heteroatoms. The highest BCUT2D eigenvalue weighted by atomic mass is 35.5. The van der Waals surface area contributed by atoms with Gasteiger partial charge in [0.25, 0.3) is 6.01 Å². The zero-order valence-corrected chi connectivity index (χ0v) is 20.1. The Labute approximate surface area is 215 Å². The molecule has 0 spiro atoms. The maximum Gasteiger partial charge on any atom is 0.296 e. The lowest BCUT2D eigenvalue weighted by molar-refractivity contribution is 0.00706. The van der Waals surface area contributed by atoms with E-state index in [4.69, 9.17) is 25.8 Å². The third kappa shape index (κ3) is 4.04. The van der Waals surface area contributed by atoms with Gasteiger partial charge in [0.05, 0.1) is 29.4 Å². The van der Waals surface area contributed by atoms with Crippen molar-refractivity contribution in [3.05, 3.63) is 72.1 Å². The van der Waals surface area contributed by atoms with Crippen molar-refractivity contribution in [2.45, 2.75) is 24.4 Å². The number of aromatic nitrogens is 6. The van der Waals surface area contributed by atoms with Gasteiger partial charge in [-0.25, -0.2) is 14.6 Å². The number of imidazole rings is 1. The van der Waals surface area contributed by atoms with E-state index < -0.39 is 6.10 Å². The van der Waals surface area contributed by atoms with Crippen LogP contribution in [0.15, 0.2) is 67.1 Å². The van der Waals surface area contributed by atoms with Crippen LogP contribution in [0.4, 0.5) is 0 Å². The largest absolute Gasteiger partial charge is 0.456 e. The Morgan fingerprint density at radius 3 is 2.59 bits per heavy atom. The predicted octanol–water partition coefficient (Wildman–Crippen LogP) is 3.43. The molecule has 0 saturated carbocycles. The second-order valence-corrected chi connectivity index (χ2v) is 9.39. The molecule has 4 atom stereocenters. The lowest BCUT2D eigenvalue weighted by Crippen LogP contribution is -2.34. The molecule has 4 aromatic heterocycles. The summed E-state index contributed by atoms with van der Waals surface area (Å²) >= 11 is 6.59. The molecule has 7 rings (SSSR count). The number of nitrogens with zero attached hydrogens (tertiary/aromatic N) is 5. The van der Waals surface area contributed by atoms with E-state index in [0.717, 1.165) is 22.5 Å². The van der Waals surface area contributed by atoms with Crippen molar-refractivity contribution in [3.8, 4) is 34.2 Å². The molecular formula is C26H21ClN6O4. The number of ether oxygens (including phenoxy) is 3. The van der Waals surface area contributed by atoms with E-state index in [2.05, 4.69) is 25.0 Å². The van der Waals surface area contributed by atoms with E-state index in [1.807, 2.05) is 54.9 Å². The molecule has 2 saturated heterocycles. The molecule has 37 heavy (non-hydrogen) atoms. The normalized spacial score (nSPS) is 23.0. The van der Waals surface area contributed by atoms with E-state index in [9.17, 15) is 5.11 Å². The van der Waals surface area contributed by atoms with Crippen LogP contribution in [0.1, 0.15) is 0 Å². The molecule has 2 aliphatic rings. The van der Waals surface area contributed by atoms with Gasteiger partial charge < -0.3 is 24.3 Å². The highest BCUT2D eigenvalue weighted by Gasteiger charge is 2.48. The van der Waals surface area contributed by atoms with E-state index in [0.29, 0.717) is 34.5 Å². The van der Waals surface area contributed by atoms with Crippen molar-refractivity contribution in [2.24, 2.45) is 0 Å². The SMILES string of the molecule is O[C@@H]1CO[C@@H]2C(Oc3nc4nc(-c5ccc(-c6ccc(-n7cccn7)nc6)cc5)c(Cl)cc4[nH]3)CO[C@H]12. The average molecular weight is 517 g/mol. The average Bonchev–Trinajstić information content (AvgIpc) is 3.71. The standard InChI is InChI=1S/C26H21ClN6O4/c27-17-10-18-25(32-26(30-18)37-20-13-36-23-19(34)12-35-24(20)23)31-22(17)15-4-2-14(3-5-15)16-6-7-21(28-11-16)33-9-1-8-29-33/h1-11,19-20,23-24,34H,12-13H2,(H,30,31,32)/t19-,20?,23-,24-/m1/s1. The molecule has 5 aromatic rings. The monoisotopic (exact) mass is 516 g/mol. The predicted molar refractivity (Wildman–Crippen MR) is 135 cm³/mol. The summed E-state index contributed by atoms with van der Waals surface area (Å²) in [4.78, 5) is 16.8. The number of nitrogens with one attached hydrogen (secondary N) is 1.